The molecule has 9 nitrogen and oxygen atoms in total. The Labute approximate surface area is 185 Å². The number of hydrogen-bond acceptors (Lipinski definition) is 7. The molecule has 2 aromatic rings. The van der Waals surface area contributed by atoms with E-state index in [1.165, 1.54) is 11.3 Å². The lowest BCUT2D eigenvalue weighted by atomic mass is 9.93. The summed E-state index contributed by atoms with van der Waals surface area (Å²) in [7, 11) is 0. The number of nitrogens with zero attached hydrogens (tertiary/aromatic N) is 2. The number of thiazole rings is 1. The highest BCUT2D eigenvalue weighted by atomic mass is 32.1. The molecule has 2 saturated carbocycles. The van der Waals surface area contributed by atoms with Crippen molar-refractivity contribution in [3.63, 3.8) is 0 Å². The lowest BCUT2D eigenvalue weighted by Crippen LogP contribution is -2.40. The Balaban J connectivity index is 1.21. The van der Waals surface area contributed by atoms with E-state index in [1.54, 1.807) is 6.20 Å². The minimum absolute atomic E-state index is 0.0840. The number of amides is 2. The maximum Gasteiger partial charge on any atom is 0.407 e. The highest BCUT2D eigenvalue weighted by molar-refractivity contribution is 7.11. The van der Waals surface area contributed by atoms with E-state index in [2.05, 4.69) is 25.8 Å². The van der Waals surface area contributed by atoms with Gasteiger partial charge in [-0.1, -0.05) is 0 Å². The summed E-state index contributed by atoms with van der Waals surface area (Å²) in [6, 6.07) is 1.94. The van der Waals surface area contributed by atoms with Gasteiger partial charge in [0.2, 0.25) is 5.91 Å². The predicted molar refractivity (Wildman–Crippen MR) is 116 cm³/mol. The van der Waals surface area contributed by atoms with E-state index in [1.807, 2.05) is 13.0 Å². The first kappa shape index (κ1) is 21.8. The van der Waals surface area contributed by atoms with E-state index >= 15 is 0 Å². The third-order valence-corrected chi connectivity index (χ3v) is 6.90. The van der Waals surface area contributed by atoms with Gasteiger partial charge in [0.05, 0.1) is 17.5 Å². The summed E-state index contributed by atoms with van der Waals surface area (Å²) in [6.07, 6.45) is 6.69. The van der Waals surface area contributed by atoms with Crippen molar-refractivity contribution in [2.24, 2.45) is 0 Å². The Kier molecular flexibility index (Phi) is 6.86. The predicted octanol–water partition coefficient (Wildman–Crippen LogP) is 3.02. The Morgan fingerprint density at radius 3 is 2.81 bits per heavy atom. The molecule has 0 radical (unpaired) electrons. The number of aromatic nitrogens is 3. The zero-order valence-electron chi connectivity index (χ0n) is 17.6. The van der Waals surface area contributed by atoms with Crippen LogP contribution in [-0.2, 0) is 16.0 Å². The van der Waals surface area contributed by atoms with Gasteiger partial charge in [-0.05, 0) is 51.9 Å². The van der Waals surface area contributed by atoms with Gasteiger partial charge in [0.25, 0.3) is 0 Å². The number of aromatic amines is 1. The average molecular weight is 448 g/mol. The van der Waals surface area contributed by atoms with Crippen LogP contribution in [0.5, 0.6) is 0 Å². The van der Waals surface area contributed by atoms with E-state index in [0.717, 1.165) is 60.5 Å². The van der Waals surface area contributed by atoms with Crippen molar-refractivity contribution >= 4 is 29.2 Å². The van der Waals surface area contributed by atoms with Crippen LogP contribution in [0.2, 0.25) is 0 Å². The van der Waals surface area contributed by atoms with Gasteiger partial charge in [-0.15, -0.1) is 11.3 Å². The van der Waals surface area contributed by atoms with Crippen molar-refractivity contribution in [3.05, 3.63) is 27.8 Å². The first-order chi connectivity index (χ1) is 14.9. The molecule has 2 aromatic heterocycles. The Bertz CT molecular complexity index is 905. The molecule has 10 heteroatoms. The van der Waals surface area contributed by atoms with Crippen LogP contribution in [0.1, 0.15) is 66.4 Å². The fraction of sp³-hybridized carbons (Fsp3) is 0.619. The molecule has 0 saturated heterocycles. The second kappa shape index (κ2) is 9.78. The van der Waals surface area contributed by atoms with Crippen molar-refractivity contribution in [1.29, 1.82) is 0 Å². The fourth-order valence-corrected chi connectivity index (χ4v) is 5.14. The number of anilines is 1. The maximum absolute atomic E-state index is 12.2. The average Bonchev–Trinajstić information content (AvgIpc) is 3.45. The number of nitrogens with one attached hydrogen (secondary N) is 3. The van der Waals surface area contributed by atoms with Gasteiger partial charge in [0.1, 0.15) is 6.10 Å². The number of carbonyl (C=O) groups excluding carboxylic acids is 2. The maximum atomic E-state index is 12.2. The molecule has 0 aromatic carbocycles. The molecule has 2 amide bonds. The van der Waals surface area contributed by atoms with Crippen LogP contribution >= 0.6 is 11.3 Å². The number of rotatable bonds is 6. The molecule has 2 fully saturated rings. The van der Waals surface area contributed by atoms with Gasteiger partial charge in [0, 0.05) is 34.8 Å². The molecule has 2 aliphatic rings. The molecule has 2 heterocycles. The number of aryl methyl sites for hydroxylation is 1. The minimum Gasteiger partial charge on any atom is -0.446 e. The van der Waals surface area contributed by atoms with Crippen LogP contribution in [0.15, 0.2) is 12.3 Å². The molecule has 2 atom stereocenters. The number of aliphatic hydroxyl groups excluding tert-OH is 1. The monoisotopic (exact) mass is 447 g/mol. The number of ether oxygens (including phenoxy) is 1. The third-order valence-electron chi connectivity index (χ3n) is 5.99. The Morgan fingerprint density at radius 1 is 1.26 bits per heavy atom. The molecule has 2 aliphatic carbocycles. The highest BCUT2D eigenvalue weighted by Gasteiger charge is 2.31. The molecular formula is C21H29N5O4S. The van der Waals surface area contributed by atoms with Crippen LogP contribution in [0.25, 0.3) is 0 Å². The van der Waals surface area contributed by atoms with Gasteiger partial charge in [-0.25, -0.2) is 9.78 Å². The van der Waals surface area contributed by atoms with Gasteiger partial charge in [-0.3, -0.25) is 9.89 Å². The molecule has 4 N–H and O–H groups in total. The second-order valence-corrected chi connectivity index (χ2v) is 9.79. The molecule has 0 unspecified atom stereocenters. The first-order valence-corrected chi connectivity index (χ1v) is 11.7. The summed E-state index contributed by atoms with van der Waals surface area (Å²) in [5, 5.41) is 23.5. The molecule has 0 spiro atoms. The van der Waals surface area contributed by atoms with E-state index in [9.17, 15) is 14.7 Å². The van der Waals surface area contributed by atoms with E-state index < -0.39 is 0 Å². The summed E-state index contributed by atoms with van der Waals surface area (Å²) in [6.45, 7) is 1.91. The van der Waals surface area contributed by atoms with Crippen LogP contribution in [-0.4, -0.2) is 50.5 Å². The van der Waals surface area contributed by atoms with Crippen molar-refractivity contribution in [3.8, 4) is 0 Å². The van der Waals surface area contributed by atoms with Crippen molar-refractivity contribution in [2.75, 3.05) is 5.32 Å². The Hall–Kier alpha value is -2.46. The summed E-state index contributed by atoms with van der Waals surface area (Å²) < 4.78 is 5.61. The van der Waals surface area contributed by atoms with Gasteiger partial charge in [0.15, 0.2) is 5.82 Å². The smallest absolute Gasteiger partial charge is 0.407 e. The summed E-state index contributed by atoms with van der Waals surface area (Å²) >= 11 is 1.51. The molecule has 0 bridgehead atoms. The Morgan fingerprint density at radius 2 is 2.06 bits per heavy atom. The minimum atomic E-state index is -0.372. The van der Waals surface area contributed by atoms with E-state index in [4.69, 9.17) is 4.74 Å². The van der Waals surface area contributed by atoms with Gasteiger partial charge < -0.3 is 20.5 Å². The lowest BCUT2D eigenvalue weighted by Gasteiger charge is -2.26. The quantitative estimate of drug-likeness (QED) is 0.539. The number of carbonyl (C=O) groups is 2. The lowest BCUT2D eigenvalue weighted by molar-refractivity contribution is -0.115. The van der Waals surface area contributed by atoms with Crippen LogP contribution in [0, 0.1) is 6.92 Å². The summed E-state index contributed by atoms with van der Waals surface area (Å²) in [5.74, 6) is 0.592. The fourth-order valence-electron chi connectivity index (χ4n) is 4.34. The number of alkyl carbamates (subject to hydrolysis) is 1. The first-order valence-electron chi connectivity index (χ1n) is 10.9. The standard InChI is InChI=1S/C21H29N5O4S/c1-12-22-11-17(31-12)9-20(28)24-19-10-18(25-26-19)13-2-7-16(8-13)30-21(29)23-14-3-5-15(27)6-4-14/h10-11,13-16,27H,2-9H2,1H3,(H,23,29)(H2,24,25,26,28)/t13-,14?,15?,16+/m1/s1. The number of hydrogen-bond donors (Lipinski definition) is 4. The van der Waals surface area contributed by atoms with Crippen LogP contribution in [0.3, 0.4) is 0 Å². The van der Waals surface area contributed by atoms with E-state index in [0.29, 0.717) is 5.82 Å². The molecule has 31 heavy (non-hydrogen) atoms. The second-order valence-electron chi connectivity index (χ2n) is 8.47. The third kappa shape index (κ3) is 6.04. The number of aliphatic hydroxyl groups is 1. The van der Waals surface area contributed by atoms with Crippen molar-refractivity contribution in [2.45, 2.75) is 82.5 Å². The zero-order valence-corrected chi connectivity index (χ0v) is 18.4. The molecule has 168 valence electrons. The SMILES string of the molecule is Cc1ncc(CC(=O)Nc2cc([C@@H]3CC[C@H](OC(=O)NC4CCC(O)CC4)C3)[nH]n2)s1. The summed E-state index contributed by atoms with van der Waals surface area (Å²) in [4.78, 5) is 29.5. The van der Waals surface area contributed by atoms with Crippen molar-refractivity contribution in [1.82, 2.24) is 20.5 Å². The number of H-pyrrole nitrogens is 1. The normalized spacial score (nSPS) is 25.9. The molecule has 0 aliphatic heterocycles. The van der Waals surface area contributed by atoms with Gasteiger partial charge >= 0.3 is 6.09 Å². The highest BCUT2D eigenvalue weighted by Crippen LogP contribution is 2.36. The zero-order chi connectivity index (χ0) is 21.8. The molecular weight excluding hydrogens is 418 g/mol. The topological polar surface area (TPSA) is 129 Å². The summed E-state index contributed by atoms with van der Waals surface area (Å²) in [5.41, 5.74) is 0.941. The van der Waals surface area contributed by atoms with Crippen LogP contribution < -0.4 is 10.6 Å². The van der Waals surface area contributed by atoms with Gasteiger partial charge in [-0.2, -0.15) is 5.10 Å². The van der Waals surface area contributed by atoms with Crippen molar-refractivity contribution < 1.29 is 19.4 Å². The van der Waals surface area contributed by atoms with E-state index in [-0.39, 0.29) is 42.6 Å². The molecule has 4 rings (SSSR count). The largest absolute Gasteiger partial charge is 0.446 e. The van der Waals surface area contributed by atoms with Crippen LogP contribution in [0.4, 0.5) is 10.6 Å².